The first-order valence-corrected chi connectivity index (χ1v) is 32.3. The highest BCUT2D eigenvalue weighted by Gasteiger charge is 2.37. The zero-order valence-corrected chi connectivity index (χ0v) is 51.2. The molecule has 0 aliphatic carbocycles. The van der Waals surface area contributed by atoms with Crippen molar-refractivity contribution in [1.82, 2.24) is 37.9 Å². The first-order valence-electron chi connectivity index (χ1n) is 32.3. The van der Waals surface area contributed by atoms with E-state index < -0.39 is 0 Å². The lowest BCUT2D eigenvalue weighted by molar-refractivity contribution is -0.708. The standard InChI is InChI=1S/C86H54N9/c1-4-26-55(27-5-1)83-87-84(56-28-6-2-7-29-56)89-85(88-83)70-54-81(91-72-41-19-10-32-60(72)61-33-11-20-42-73(61)91)95(86(93-76-45-23-14-36-64(76)65-37-15-24-46-77(65)93)82(70)92-74-43-21-12-34-62(74)63-35-13-22-44-75(63)92)94-79-47-25-17-39-67(79)69-53-58(49-51-80(69)94)57-48-50-78-68(52-57)66-38-16-18-40-71(66)90(78)59-30-8-3-9-31-59/h1-54H/q+1. The molecule has 0 fully saturated rings. The van der Waals surface area contributed by atoms with Gasteiger partial charge in [0.1, 0.15) is 27.8 Å². The Morgan fingerprint density at radius 1 is 0.221 bits per heavy atom. The molecule has 0 bridgehead atoms. The molecular formula is C86H54N9+. The fourth-order valence-corrected chi connectivity index (χ4v) is 15.3. The van der Waals surface area contributed by atoms with Crippen molar-refractivity contribution in [3.63, 3.8) is 0 Å². The molecule has 0 unspecified atom stereocenters. The second-order valence-electron chi connectivity index (χ2n) is 24.5. The molecule has 0 amide bonds. The van der Waals surface area contributed by atoms with Crippen LogP contribution in [0.2, 0.25) is 0 Å². The number of fused-ring (bicyclic) bond motifs is 15. The number of para-hydroxylation sites is 9. The molecule has 0 aliphatic rings. The Hall–Kier alpha value is -13.0. The first kappa shape index (κ1) is 52.8. The van der Waals surface area contributed by atoms with E-state index in [1.165, 1.54) is 16.3 Å². The number of benzene rings is 13. The van der Waals surface area contributed by atoms with Crippen LogP contribution in [0.3, 0.4) is 0 Å². The zero-order chi connectivity index (χ0) is 62.2. The maximum Gasteiger partial charge on any atom is 0.282 e. The summed E-state index contributed by atoms with van der Waals surface area (Å²) in [6.07, 6.45) is 0. The van der Waals surface area contributed by atoms with Crippen molar-refractivity contribution in [3.8, 4) is 68.3 Å². The van der Waals surface area contributed by atoms with E-state index in [0.29, 0.717) is 17.5 Å². The lowest BCUT2D eigenvalue weighted by atomic mass is 10.0. The van der Waals surface area contributed by atoms with E-state index in [2.05, 4.69) is 343 Å². The van der Waals surface area contributed by atoms with Crippen molar-refractivity contribution in [3.05, 3.63) is 328 Å². The van der Waals surface area contributed by atoms with Gasteiger partial charge < -0.3 is 9.13 Å². The number of pyridine rings is 1. The quantitative estimate of drug-likeness (QED) is 0.135. The van der Waals surface area contributed by atoms with Crippen molar-refractivity contribution in [1.29, 1.82) is 0 Å². The summed E-state index contributed by atoms with van der Waals surface area (Å²) >= 11 is 0. The Bertz CT molecular complexity index is 6310. The molecule has 0 atom stereocenters. The third-order valence-corrected chi connectivity index (χ3v) is 19.4. The second-order valence-corrected chi connectivity index (χ2v) is 24.5. The van der Waals surface area contributed by atoms with Crippen LogP contribution in [-0.4, -0.2) is 37.9 Å². The largest absolute Gasteiger partial charge is 0.309 e. The van der Waals surface area contributed by atoms with E-state index >= 15 is 0 Å². The molecule has 9 heteroatoms. The Morgan fingerprint density at radius 3 is 1.00 bits per heavy atom. The van der Waals surface area contributed by atoms with E-state index in [1.807, 2.05) is 12.1 Å². The Kier molecular flexibility index (Phi) is 11.5. The maximum absolute atomic E-state index is 5.74. The molecule has 0 N–H and O–H groups in total. The van der Waals surface area contributed by atoms with Gasteiger partial charge in [0.15, 0.2) is 17.5 Å². The Labute approximate surface area is 544 Å². The van der Waals surface area contributed by atoms with Gasteiger partial charge in [-0.15, -0.1) is 4.68 Å². The minimum atomic E-state index is 0.515. The fourth-order valence-electron chi connectivity index (χ4n) is 15.3. The SMILES string of the molecule is c1ccc(-c2nc(-c3ccccc3)nc(-c3cc(-n4c5ccccc5c5ccccc54)[n+](-n4c5ccccc5c5cc(-c6ccc7c(c6)c6ccccc6n7-c6ccccc6)ccc54)c(-n4c5ccccc5c5ccccc54)c3-n3c4ccccc4c4ccccc43)n2)cc1. The molecule has 7 heterocycles. The van der Waals surface area contributed by atoms with Crippen LogP contribution in [0.1, 0.15) is 0 Å². The molecule has 13 aromatic carbocycles. The highest BCUT2D eigenvalue weighted by molar-refractivity contribution is 6.15. The molecule has 0 saturated heterocycles. The van der Waals surface area contributed by atoms with Crippen LogP contribution < -0.4 is 4.68 Å². The van der Waals surface area contributed by atoms with Gasteiger partial charge in [-0.25, -0.2) is 24.1 Å². The van der Waals surface area contributed by atoms with Gasteiger partial charge in [-0.3, -0.25) is 0 Å². The van der Waals surface area contributed by atoms with Crippen LogP contribution in [0.25, 0.3) is 177 Å². The summed E-state index contributed by atoms with van der Waals surface area (Å²) in [6, 6.07) is 118. The summed E-state index contributed by atoms with van der Waals surface area (Å²) in [7, 11) is 0. The van der Waals surface area contributed by atoms with E-state index in [0.717, 1.165) is 144 Å². The van der Waals surface area contributed by atoms with Gasteiger partial charge in [0.2, 0.25) is 0 Å². The average molecular weight is 1210 g/mol. The third kappa shape index (κ3) is 7.90. The summed E-state index contributed by atoms with van der Waals surface area (Å²) in [4.78, 5) is 16.8. The third-order valence-electron chi connectivity index (χ3n) is 19.4. The topological polar surface area (TPSA) is 67.2 Å². The molecule has 7 aromatic heterocycles. The number of rotatable bonds is 9. The van der Waals surface area contributed by atoms with Gasteiger partial charge in [0.05, 0.1) is 38.7 Å². The van der Waals surface area contributed by atoms with Crippen LogP contribution in [-0.2, 0) is 0 Å². The smallest absolute Gasteiger partial charge is 0.282 e. The Balaban J connectivity index is 1.000. The number of hydrogen-bond donors (Lipinski definition) is 0. The predicted molar refractivity (Wildman–Crippen MR) is 389 cm³/mol. The van der Waals surface area contributed by atoms with E-state index in [4.69, 9.17) is 15.0 Å². The minimum absolute atomic E-state index is 0.515. The highest BCUT2D eigenvalue weighted by Crippen LogP contribution is 2.45. The van der Waals surface area contributed by atoms with Crippen molar-refractivity contribution < 1.29 is 4.68 Å². The summed E-state index contributed by atoms with van der Waals surface area (Å²) in [5.41, 5.74) is 17.4. The Morgan fingerprint density at radius 2 is 0.537 bits per heavy atom. The summed E-state index contributed by atoms with van der Waals surface area (Å²) in [5, 5.41) is 11.4. The monoisotopic (exact) mass is 1210 g/mol. The molecule has 0 radical (unpaired) electrons. The molecule has 442 valence electrons. The number of hydrogen-bond acceptors (Lipinski definition) is 3. The lowest BCUT2D eigenvalue weighted by Gasteiger charge is -2.24. The molecule has 20 rings (SSSR count). The molecule has 0 saturated carbocycles. The van der Waals surface area contributed by atoms with Crippen LogP contribution in [0.15, 0.2) is 328 Å². The van der Waals surface area contributed by atoms with Crippen molar-refractivity contribution in [2.75, 3.05) is 0 Å². The molecule has 0 spiro atoms. The van der Waals surface area contributed by atoms with E-state index in [9.17, 15) is 0 Å². The van der Waals surface area contributed by atoms with Crippen LogP contribution >= 0.6 is 0 Å². The molecule has 20 aromatic rings. The van der Waals surface area contributed by atoms with Gasteiger partial charge in [-0.2, -0.15) is 4.68 Å². The van der Waals surface area contributed by atoms with Crippen molar-refractivity contribution in [2.24, 2.45) is 0 Å². The molecule has 9 nitrogen and oxygen atoms in total. The molecule has 95 heavy (non-hydrogen) atoms. The highest BCUT2D eigenvalue weighted by atomic mass is 15.5. The van der Waals surface area contributed by atoms with E-state index in [1.54, 1.807) is 0 Å². The molecular weight excluding hydrogens is 1160 g/mol. The van der Waals surface area contributed by atoms with Gasteiger partial charge in [0.25, 0.3) is 11.6 Å². The fraction of sp³-hybridized carbons (Fsp3) is 0. The van der Waals surface area contributed by atoms with Crippen molar-refractivity contribution in [2.45, 2.75) is 0 Å². The number of aromatic nitrogens is 9. The maximum atomic E-state index is 5.74. The second kappa shape index (κ2) is 20.8. The van der Waals surface area contributed by atoms with Crippen LogP contribution in [0, 0.1) is 0 Å². The van der Waals surface area contributed by atoms with Crippen LogP contribution in [0.5, 0.6) is 0 Å². The van der Waals surface area contributed by atoms with E-state index in [-0.39, 0.29) is 0 Å². The lowest BCUT2D eigenvalue weighted by Crippen LogP contribution is -2.50. The predicted octanol–water partition coefficient (Wildman–Crippen LogP) is 20.6. The average Bonchev–Trinajstić information content (AvgIpc) is 1.55. The van der Waals surface area contributed by atoms with Gasteiger partial charge in [-0.05, 0) is 96.1 Å². The summed E-state index contributed by atoms with van der Waals surface area (Å²) in [5.74, 6) is 3.36. The minimum Gasteiger partial charge on any atom is -0.309 e. The summed E-state index contributed by atoms with van der Waals surface area (Å²) < 4.78 is 14.9. The van der Waals surface area contributed by atoms with Gasteiger partial charge >= 0.3 is 0 Å². The van der Waals surface area contributed by atoms with Crippen molar-refractivity contribution >= 4 is 109 Å². The van der Waals surface area contributed by atoms with Gasteiger partial charge in [-0.1, -0.05) is 237 Å². The first-order chi connectivity index (χ1) is 47.2. The van der Waals surface area contributed by atoms with Gasteiger partial charge in [0, 0.05) is 76.7 Å². The normalized spacial score (nSPS) is 12.0. The van der Waals surface area contributed by atoms with Crippen LogP contribution in [0.4, 0.5) is 0 Å². The summed E-state index contributed by atoms with van der Waals surface area (Å²) in [6.45, 7) is 0. The number of nitrogens with zero attached hydrogens (tertiary/aromatic N) is 9. The zero-order valence-electron chi connectivity index (χ0n) is 51.2. The molecule has 0 aliphatic heterocycles.